The lowest BCUT2D eigenvalue weighted by Gasteiger charge is -2.34. The molecule has 74 valence electrons. The minimum Gasteiger partial charge on any atom is -0.361 e. The Morgan fingerprint density at radius 1 is 0.857 bits per heavy atom. The number of fused-ring (bicyclic) bond motifs is 1. The normalized spacial score (nSPS) is 22.6. The Hall–Kier alpha value is -1.18. The highest BCUT2D eigenvalue weighted by molar-refractivity contribution is 5.76. The topological polar surface area (TPSA) is 24.1 Å². The van der Waals surface area contributed by atoms with Crippen molar-refractivity contribution in [2.75, 3.05) is 10.6 Å². The Morgan fingerprint density at radius 3 is 2.00 bits per heavy atom. The first-order valence-electron chi connectivity index (χ1n) is 5.53. The molecule has 3 rings (SSSR count). The first kappa shape index (κ1) is 8.16. The Kier molecular flexibility index (Phi) is 1.69. The molecule has 0 saturated heterocycles. The van der Waals surface area contributed by atoms with E-state index >= 15 is 0 Å². The molecule has 1 aromatic rings. The largest absolute Gasteiger partial charge is 0.361 e. The van der Waals surface area contributed by atoms with Crippen molar-refractivity contribution in [1.82, 2.24) is 0 Å². The van der Waals surface area contributed by atoms with E-state index in [1.54, 1.807) is 0 Å². The molecule has 1 heterocycles. The molecule has 2 N–H and O–H groups in total. The molecule has 2 heteroatoms. The van der Waals surface area contributed by atoms with E-state index in [1.165, 1.54) is 43.5 Å². The van der Waals surface area contributed by atoms with E-state index in [1.807, 2.05) is 0 Å². The van der Waals surface area contributed by atoms with Crippen LogP contribution in [0.2, 0.25) is 0 Å². The van der Waals surface area contributed by atoms with Crippen LogP contribution < -0.4 is 10.6 Å². The fourth-order valence-electron chi connectivity index (χ4n) is 2.65. The first-order valence-corrected chi connectivity index (χ1v) is 5.53. The van der Waals surface area contributed by atoms with Crippen LogP contribution in [0.25, 0.3) is 0 Å². The highest BCUT2D eigenvalue weighted by atomic mass is 15.3. The fraction of sp³-hybridized carbons (Fsp3) is 0.500. The zero-order chi connectivity index (χ0) is 9.43. The highest BCUT2D eigenvalue weighted by Gasteiger charge is 2.36. The van der Waals surface area contributed by atoms with Crippen molar-refractivity contribution in [2.45, 2.75) is 37.8 Å². The van der Waals surface area contributed by atoms with E-state index < -0.39 is 0 Å². The first-order chi connectivity index (χ1) is 6.88. The van der Waals surface area contributed by atoms with Gasteiger partial charge in [0.05, 0.1) is 11.4 Å². The van der Waals surface area contributed by atoms with Gasteiger partial charge < -0.3 is 10.6 Å². The highest BCUT2D eigenvalue weighted by Crippen LogP contribution is 2.40. The Bertz CT molecular complexity index is 313. The number of benzene rings is 1. The van der Waals surface area contributed by atoms with Gasteiger partial charge >= 0.3 is 0 Å². The summed E-state index contributed by atoms with van der Waals surface area (Å²) in [6.07, 6.45) is 6.58. The molecule has 2 aliphatic rings. The number of para-hydroxylation sites is 2. The van der Waals surface area contributed by atoms with Gasteiger partial charge in [-0.2, -0.15) is 0 Å². The molecule has 1 aliphatic heterocycles. The van der Waals surface area contributed by atoms with Gasteiger partial charge in [0, 0.05) is 0 Å². The van der Waals surface area contributed by atoms with Crippen molar-refractivity contribution < 1.29 is 0 Å². The summed E-state index contributed by atoms with van der Waals surface area (Å²) >= 11 is 0. The third-order valence-corrected chi connectivity index (χ3v) is 3.38. The van der Waals surface area contributed by atoms with E-state index in [4.69, 9.17) is 0 Å². The number of hydrogen-bond donors (Lipinski definition) is 2. The van der Waals surface area contributed by atoms with Crippen LogP contribution >= 0.6 is 0 Å². The summed E-state index contributed by atoms with van der Waals surface area (Å²) in [6.45, 7) is 0. The van der Waals surface area contributed by atoms with E-state index in [-0.39, 0.29) is 5.66 Å². The maximum Gasteiger partial charge on any atom is 0.108 e. The van der Waals surface area contributed by atoms with Crippen LogP contribution in [0, 0.1) is 0 Å². The predicted octanol–water partition coefficient (Wildman–Crippen LogP) is 3.18. The van der Waals surface area contributed by atoms with Crippen LogP contribution in [0.4, 0.5) is 11.4 Å². The molecule has 0 amide bonds. The standard InChI is InChI=1S/C12H16N2/c1-4-8-12(9-5-1)13-10-6-2-3-7-11(10)14-12/h2-3,6-7,13-14H,1,4-5,8-9H2. The summed E-state index contributed by atoms with van der Waals surface area (Å²) < 4.78 is 0. The van der Waals surface area contributed by atoms with Crippen molar-refractivity contribution in [1.29, 1.82) is 0 Å². The van der Waals surface area contributed by atoms with Gasteiger partial charge in [-0.1, -0.05) is 18.6 Å². The molecule has 0 bridgehead atoms. The SMILES string of the molecule is c1ccc2c(c1)NC1(CCCCC1)N2. The molecule has 1 aromatic carbocycles. The van der Waals surface area contributed by atoms with Crippen molar-refractivity contribution in [2.24, 2.45) is 0 Å². The van der Waals surface area contributed by atoms with Gasteiger partial charge in [0.2, 0.25) is 0 Å². The number of anilines is 2. The second-order valence-corrected chi connectivity index (χ2v) is 4.44. The summed E-state index contributed by atoms with van der Waals surface area (Å²) in [5.41, 5.74) is 2.73. The second-order valence-electron chi connectivity index (χ2n) is 4.44. The molecule has 0 aromatic heterocycles. The molecule has 0 radical (unpaired) electrons. The molecule has 1 fully saturated rings. The summed E-state index contributed by atoms with van der Waals surface area (Å²) in [5, 5.41) is 7.28. The van der Waals surface area contributed by atoms with Crippen molar-refractivity contribution in [3.05, 3.63) is 24.3 Å². The number of hydrogen-bond acceptors (Lipinski definition) is 2. The Balaban J connectivity index is 1.89. The van der Waals surface area contributed by atoms with Crippen LogP contribution in [0.15, 0.2) is 24.3 Å². The zero-order valence-corrected chi connectivity index (χ0v) is 8.34. The molecular formula is C12H16N2. The van der Waals surface area contributed by atoms with Crippen LogP contribution in [-0.4, -0.2) is 5.66 Å². The van der Waals surface area contributed by atoms with Crippen LogP contribution in [0.5, 0.6) is 0 Å². The Labute approximate surface area is 84.7 Å². The Morgan fingerprint density at radius 2 is 1.43 bits per heavy atom. The van der Waals surface area contributed by atoms with Crippen LogP contribution in [-0.2, 0) is 0 Å². The summed E-state index contributed by atoms with van der Waals surface area (Å²) in [7, 11) is 0. The van der Waals surface area contributed by atoms with Gasteiger partial charge in [0.25, 0.3) is 0 Å². The second kappa shape index (κ2) is 2.91. The molecule has 14 heavy (non-hydrogen) atoms. The van der Waals surface area contributed by atoms with Gasteiger partial charge in [-0.25, -0.2) is 0 Å². The average molecular weight is 188 g/mol. The summed E-state index contributed by atoms with van der Waals surface area (Å²) in [4.78, 5) is 0. The number of nitrogens with one attached hydrogen (secondary N) is 2. The fourth-order valence-corrected chi connectivity index (χ4v) is 2.65. The monoisotopic (exact) mass is 188 g/mol. The smallest absolute Gasteiger partial charge is 0.108 e. The van der Waals surface area contributed by atoms with Gasteiger partial charge in [-0.05, 0) is 37.8 Å². The lowest BCUT2D eigenvalue weighted by Crippen LogP contribution is -2.43. The lowest BCUT2D eigenvalue weighted by atomic mass is 9.89. The van der Waals surface area contributed by atoms with Gasteiger partial charge in [0.1, 0.15) is 5.66 Å². The summed E-state index contributed by atoms with van der Waals surface area (Å²) in [6, 6.07) is 8.50. The lowest BCUT2D eigenvalue weighted by molar-refractivity contribution is 0.367. The predicted molar refractivity (Wildman–Crippen MR) is 59.5 cm³/mol. The average Bonchev–Trinajstić information content (AvgIpc) is 2.56. The third kappa shape index (κ3) is 1.17. The molecule has 0 atom stereocenters. The minimum absolute atomic E-state index is 0.182. The van der Waals surface area contributed by atoms with E-state index in [0.717, 1.165) is 0 Å². The molecular weight excluding hydrogens is 172 g/mol. The third-order valence-electron chi connectivity index (χ3n) is 3.38. The van der Waals surface area contributed by atoms with E-state index in [0.29, 0.717) is 0 Å². The summed E-state index contributed by atoms with van der Waals surface area (Å²) in [5.74, 6) is 0. The maximum atomic E-state index is 3.64. The van der Waals surface area contributed by atoms with E-state index in [9.17, 15) is 0 Å². The maximum absolute atomic E-state index is 3.64. The van der Waals surface area contributed by atoms with Gasteiger partial charge in [-0.3, -0.25) is 0 Å². The minimum atomic E-state index is 0.182. The van der Waals surface area contributed by atoms with Crippen molar-refractivity contribution in [3.63, 3.8) is 0 Å². The van der Waals surface area contributed by atoms with Gasteiger partial charge in [-0.15, -0.1) is 0 Å². The van der Waals surface area contributed by atoms with E-state index in [2.05, 4.69) is 34.9 Å². The molecule has 0 unspecified atom stereocenters. The van der Waals surface area contributed by atoms with Crippen molar-refractivity contribution >= 4 is 11.4 Å². The molecule has 1 saturated carbocycles. The van der Waals surface area contributed by atoms with Crippen LogP contribution in [0.3, 0.4) is 0 Å². The molecule has 1 spiro atoms. The molecule has 2 nitrogen and oxygen atoms in total. The van der Waals surface area contributed by atoms with Gasteiger partial charge in [0.15, 0.2) is 0 Å². The molecule has 1 aliphatic carbocycles. The quantitative estimate of drug-likeness (QED) is 0.653. The van der Waals surface area contributed by atoms with Crippen molar-refractivity contribution in [3.8, 4) is 0 Å². The van der Waals surface area contributed by atoms with Crippen LogP contribution in [0.1, 0.15) is 32.1 Å². The number of rotatable bonds is 0. The zero-order valence-electron chi connectivity index (χ0n) is 8.34.